The van der Waals surface area contributed by atoms with Crippen LogP contribution in [0.25, 0.3) is 6.08 Å². The molecule has 1 aromatic heterocycles. The van der Waals surface area contributed by atoms with E-state index in [-0.39, 0.29) is 5.91 Å². The first-order valence-corrected chi connectivity index (χ1v) is 10.1. The molecule has 3 rings (SSSR count). The third kappa shape index (κ3) is 4.59. The third-order valence-corrected chi connectivity index (χ3v) is 6.05. The Labute approximate surface area is 160 Å². The normalized spacial score (nSPS) is 14.4. The number of carbonyl (C=O) groups excluding carboxylic acids is 1. The molecule has 1 aliphatic rings. The van der Waals surface area contributed by atoms with E-state index in [9.17, 15) is 10.1 Å². The minimum Gasteiger partial charge on any atom is -0.313 e. The largest absolute Gasteiger partial charge is 0.313 e. The monoisotopic (exact) mass is 414 g/mol. The molecule has 0 fully saturated rings. The van der Waals surface area contributed by atoms with E-state index in [0.717, 1.165) is 41.3 Å². The second kappa shape index (κ2) is 8.46. The fourth-order valence-electron chi connectivity index (χ4n) is 3.03. The highest BCUT2D eigenvalue weighted by Crippen LogP contribution is 2.36. The lowest BCUT2D eigenvalue weighted by Gasteiger charge is -2.08. The minimum atomic E-state index is -0.200. The number of aryl methyl sites for hydroxylation is 1. The van der Waals surface area contributed by atoms with Gasteiger partial charge in [-0.15, -0.1) is 11.3 Å². The van der Waals surface area contributed by atoms with E-state index in [2.05, 4.69) is 27.3 Å². The molecular weight excluding hydrogens is 396 g/mol. The number of nitrogens with zero attached hydrogens (tertiary/aromatic N) is 1. The number of fused-ring (bicyclic) bond motifs is 1. The number of carbonyl (C=O) groups is 1. The number of nitriles is 1. The molecule has 1 N–H and O–H groups in total. The zero-order valence-corrected chi connectivity index (χ0v) is 16.3. The van der Waals surface area contributed by atoms with Gasteiger partial charge < -0.3 is 5.32 Å². The summed E-state index contributed by atoms with van der Waals surface area (Å²) in [7, 11) is 0. The molecule has 128 valence electrons. The summed E-state index contributed by atoms with van der Waals surface area (Å²) in [5, 5.41) is 13.2. The molecule has 0 spiro atoms. The molecule has 0 saturated heterocycles. The lowest BCUT2D eigenvalue weighted by molar-refractivity contribution is -0.111. The molecule has 5 heteroatoms. The number of rotatable bonds is 3. The first-order chi connectivity index (χ1) is 12.2. The van der Waals surface area contributed by atoms with E-state index < -0.39 is 0 Å². The van der Waals surface area contributed by atoms with Crippen LogP contribution in [0.5, 0.6) is 0 Å². The fraction of sp³-hybridized carbons (Fsp3) is 0.300. The van der Waals surface area contributed by atoms with Gasteiger partial charge in [0.2, 0.25) is 5.91 Å². The molecular formula is C20H19BrN2OS. The van der Waals surface area contributed by atoms with Gasteiger partial charge in [-0.25, -0.2) is 0 Å². The molecule has 0 radical (unpaired) electrons. The summed E-state index contributed by atoms with van der Waals surface area (Å²) in [6.07, 6.45) is 10.00. The maximum absolute atomic E-state index is 12.3. The van der Waals surface area contributed by atoms with Crippen LogP contribution in [0.2, 0.25) is 0 Å². The van der Waals surface area contributed by atoms with Crippen LogP contribution in [0, 0.1) is 11.3 Å². The van der Waals surface area contributed by atoms with Crippen LogP contribution < -0.4 is 5.32 Å². The van der Waals surface area contributed by atoms with Crippen LogP contribution in [0.4, 0.5) is 5.00 Å². The second-order valence-corrected chi connectivity index (χ2v) is 8.13. The summed E-state index contributed by atoms with van der Waals surface area (Å²) < 4.78 is 1.00. The predicted molar refractivity (Wildman–Crippen MR) is 107 cm³/mol. The van der Waals surface area contributed by atoms with Gasteiger partial charge in [0.1, 0.15) is 11.1 Å². The molecule has 2 aromatic rings. The average Bonchev–Trinajstić information content (AvgIpc) is 2.90. The smallest absolute Gasteiger partial charge is 0.249 e. The van der Waals surface area contributed by atoms with Gasteiger partial charge in [-0.1, -0.05) is 40.9 Å². The van der Waals surface area contributed by atoms with E-state index in [1.165, 1.54) is 23.8 Å². The number of amides is 1. The van der Waals surface area contributed by atoms with Gasteiger partial charge in [0.15, 0.2) is 0 Å². The van der Waals surface area contributed by atoms with Crippen LogP contribution in [-0.4, -0.2) is 5.91 Å². The van der Waals surface area contributed by atoms with Crippen LogP contribution in [0.15, 0.2) is 34.8 Å². The molecule has 1 amide bonds. The van der Waals surface area contributed by atoms with Crippen molar-refractivity contribution >= 4 is 44.3 Å². The van der Waals surface area contributed by atoms with Crippen molar-refractivity contribution in [3.63, 3.8) is 0 Å². The van der Waals surface area contributed by atoms with Crippen molar-refractivity contribution in [3.8, 4) is 6.07 Å². The number of halogens is 1. The zero-order valence-electron chi connectivity index (χ0n) is 13.8. The van der Waals surface area contributed by atoms with Gasteiger partial charge in [-0.3, -0.25) is 4.79 Å². The molecule has 0 saturated carbocycles. The van der Waals surface area contributed by atoms with Crippen molar-refractivity contribution in [3.05, 3.63) is 56.4 Å². The van der Waals surface area contributed by atoms with Crippen molar-refractivity contribution in [2.75, 3.05) is 5.32 Å². The van der Waals surface area contributed by atoms with Gasteiger partial charge in [-0.2, -0.15) is 5.26 Å². The topological polar surface area (TPSA) is 52.9 Å². The van der Waals surface area contributed by atoms with Crippen molar-refractivity contribution in [2.24, 2.45) is 0 Å². The van der Waals surface area contributed by atoms with Crippen molar-refractivity contribution in [2.45, 2.75) is 38.5 Å². The summed E-state index contributed by atoms with van der Waals surface area (Å²) in [6, 6.07) is 10.0. The summed E-state index contributed by atoms with van der Waals surface area (Å²) >= 11 is 4.96. The number of anilines is 1. The zero-order chi connectivity index (χ0) is 17.6. The molecule has 0 atom stereocenters. The molecule has 1 aromatic carbocycles. The van der Waals surface area contributed by atoms with Gasteiger partial charge >= 0.3 is 0 Å². The Bertz CT molecular complexity index is 831. The minimum absolute atomic E-state index is 0.200. The quantitative estimate of drug-likeness (QED) is 0.655. The number of thiophene rings is 1. The Hall–Kier alpha value is -1.90. The van der Waals surface area contributed by atoms with Crippen LogP contribution in [0.3, 0.4) is 0 Å². The lowest BCUT2D eigenvalue weighted by Crippen LogP contribution is -2.07. The van der Waals surface area contributed by atoms with E-state index in [0.29, 0.717) is 10.6 Å². The molecule has 0 bridgehead atoms. The van der Waals surface area contributed by atoms with E-state index in [1.807, 2.05) is 24.3 Å². The van der Waals surface area contributed by atoms with Gasteiger partial charge in [0, 0.05) is 15.4 Å². The summed E-state index contributed by atoms with van der Waals surface area (Å²) in [4.78, 5) is 13.5. The average molecular weight is 415 g/mol. The van der Waals surface area contributed by atoms with Crippen molar-refractivity contribution in [1.82, 2.24) is 0 Å². The molecule has 0 unspecified atom stereocenters. The molecule has 3 nitrogen and oxygen atoms in total. The number of hydrogen-bond acceptors (Lipinski definition) is 3. The van der Waals surface area contributed by atoms with Crippen molar-refractivity contribution in [1.29, 1.82) is 5.26 Å². The molecule has 1 aliphatic carbocycles. The SMILES string of the molecule is N#Cc1c(NC(=O)C=Cc2ccc(Br)cc2)sc2c1CCCCCC2. The lowest BCUT2D eigenvalue weighted by atomic mass is 9.97. The third-order valence-electron chi connectivity index (χ3n) is 4.32. The predicted octanol–water partition coefficient (Wildman–Crippen LogP) is 5.69. The Kier molecular flexibility index (Phi) is 6.06. The highest BCUT2D eigenvalue weighted by atomic mass is 79.9. The summed E-state index contributed by atoms with van der Waals surface area (Å²) in [5.74, 6) is -0.200. The Morgan fingerprint density at radius 2 is 1.88 bits per heavy atom. The number of nitrogens with one attached hydrogen (secondary N) is 1. The summed E-state index contributed by atoms with van der Waals surface area (Å²) in [6.45, 7) is 0. The highest BCUT2D eigenvalue weighted by Gasteiger charge is 2.19. The highest BCUT2D eigenvalue weighted by molar-refractivity contribution is 9.10. The van der Waals surface area contributed by atoms with Crippen LogP contribution in [0.1, 0.15) is 47.3 Å². The van der Waals surface area contributed by atoms with Crippen LogP contribution >= 0.6 is 27.3 Å². The standard InChI is InChI=1S/C20H19BrN2OS/c21-15-10-7-14(8-11-15)9-12-19(24)23-20-17(13-22)16-5-3-1-2-4-6-18(16)25-20/h7-12H,1-6H2,(H,23,24). The second-order valence-electron chi connectivity index (χ2n) is 6.11. The van der Waals surface area contributed by atoms with E-state index >= 15 is 0 Å². The molecule has 25 heavy (non-hydrogen) atoms. The van der Waals surface area contributed by atoms with Crippen molar-refractivity contribution < 1.29 is 4.79 Å². The van der Waals surface area contributed by atoms with E-state index in [1.54, 1.807) is 17.4 Å². The number of benzene rings is 1. The Morgan fingerprint density at radius 1 is 1.16 bits per heavy atom. The first kappa shape index (κ1) is 17.9. The maximum Gasteiger partial charge on any atom is 0.249 e. The Balaban J connectivity index is 1.75. The number of hydrogen-bond donors (Lipinski definition) is 1. The van der Waals surface area contributed by atoms with Crippen LogP contribution in [-0.2, 0) is 17.6 Å². The summed E-state index contributed by atoms with van der Waals surface area (Å²) in [5.41, 5.74) is 2.77. The molecule has 1 heterocycles. The fourth-order valence-corrected chi connectivity index (χ4v) is 4.53. The maximum atomic E-state index is 12.3. The van der Waals surface area contributed by atoms with E-state index in [4.69, 9.17) is 0 Å². The molecule has 0 aliphatic heterocycles. The Morgan fingerprint density at radius 3 is 2.60 bits per heavy atom. The van der Waals surface area contributed by atoms with Gasteiger partial charge in [0.25, 0.3) is 0 Å². The van der Waals surface area contributed by atoms with Gasteiger partial charge in [-0.05, 0) is 55.0 Å². The van der Waals surface area contributed by atoms with Gasteiger partial charge in [0.05, 0.1) is 5.56 Å². The first-order valence-electron chi connectivity index (χ1n) is 8.46.